The second-order valence-corrected chi connectivity index (χ2v) is 7.13. The summed E-state index contributed by atoms with van der Waals surface area (Å²) in [6.07, 6.45) is 3.78. The van der Waals surface area contributed by atoms with Gasteiger partial charge in [-0.2, -0.15) is 0 Å². The van der Waals surface area contributed by atoms with Crippen LogP contribution < -0.4 is 5.32 Å². The third-order valence-electron chi connectivity index (χ3n) is 4.55. The highest BCUT2D eigenvalue weighted by molar-refractivity contribution is 7.13. The summed E-state index contributed by atoms with van der Waals surface area (Å²) in [5.74, 6) is -0.195. The summed E-state index contributed by atoms with van der Waals surface area (Å²) in [7, 11) is 1.96. The fourth-order valence-corrected chi connectivity index (χ4v) is 3.78. The fourth-order valence-electron chi connectivity index (χ4n) is 2.96. The van der Waals surface area contributed by atoms with Crippen molar-refractivity contribution in [1.29, 1.82) is 0 Å². The molecule has 0 fully saturated rings. The number of rotatable bonds is 3. The maximum absolute atomic E-state index is 12.6. The molecule has 1 amide bonds. The minimum Gasteiger partial charge on any atom is -0.335 e. The van der Waals surface area contributed by atoms with Crippen LogP contribution in [0, 0.1) is 13.8 Å². The molecule has 0 aliphatic rings. The zero-order chi connectivity index (χ0) is 18.3. The Morgan fingerprint density at radius 1 is 1.19 bits per heavy atom. The van der Waals surface area contributed by atoms with Crippen molar-refractivity contribution in [3.63, 3.8) is 0 Å². The molecule has 0 aliphatic carbocycles. The first kappa shape index (κ1) is 16.5. The molecule has 130 valence electrons. The van der Waals surface area contributed by atoms with Crippen LogP contribution in [0.25, 0.3) is 21.6 Å². The van der Waals surface area contributed by atoms with Gasteiger partial charge in [-0.25, -0.2) is 9.97 Å². The number of aromatic nitrogens is 3. The number of benzene rings is 1. The van der Waals surface area contributed by atoms with Crippen molar-refractivity contribution in [2.24, 2.45) is 7.05 Å². The number of anilines is 1. The first-order chi connectivity index (χ1) is 12.5. The molecule has 6 heteroatoms. The number of nitrogens with zero attached hydrogens (tertiary/aromatic N) is 3. The van der Waals surface area contributed by atoms with Crippen molar-refractivity contribution < 1.29 is 4.79 Å². The first-order valence-electron chi connectivity index (χ1n) is 8.28. The highest BCUT2D eigenvalue weighted by atomic mass is 32.1. The third-order valence-corrected chi connectivity index (χ3v) is 5.43. The molecule has 5 nitrogen and oxygen atoms in total. The van der Waals surface area contributed by atoms with Gasteiger partial charge in [0.15, 0.2) is 0 Å². The quantitative estimate of drug-likeness (QED) is 0.581. The summed E-state index contributed by atoms with van der Waals surface area (Å²) < 4.78 is 1.97. The normalized spacial score (nSPS) is 11.0. The molecule has 0 radical (unpaired) electrons. The van der Waals surface area contributed by atoms with Crippen LogP contribution >= 0.6 is 11.3 Å². The number of hydrogen-bond acceptors (Lipinski definition) is 4. The van der Waals surface area contributed by atoms with Gasteiger partial charge in [0.25, 0.3) is 5.91 Å². The standard InChI is InChI=1S/C20H18N4OS/c1-12-6-4-8-16(13(12)2)22-19(25)17-11-26-20(23-17)15-10-24(3)18-14(15)7-5-9-21-18/h4-11H,1-3H3,(H,22,25). The molecule has 0 aliphatic heterocycles. The molecule has 0 unspecified atom stereocenters. The fraction of sp³-hybridized carbons (Fsp3) is 0.150. The maximum atomic E-state index is 12.6. The van der Waals surface area contributed by atoms with E-state index in [1.54, 1.807) is 11.6 Å². The molecule has 0 atom stereocenters. The molecule has 0 saturated carbocycles. The third kappa shape index (κ3) is 2.78. The van der Waals surface area contributed by atoms with E-state index in [9.17, 15) is 4.79 Å². The number of hydrogen-bond donors (Lipinski definition) is 1. The van der Waals surface area contributed by atoms with E-state index in [2.05, 4.69) is 15.3 Å². The lowest BCUT2D eigenvalue weighted by Crippen LogP contribution is -2.13. The first-order valence-corrected chi connectivity index (χ1v) is 9.16. The number of pyridine rings is 1. The van der Waals surface area contributed by atoms with Crippen LogP contribution in [0.1, 0.15) is 21.6 Å². The van der Waals surface area contributed by atoms with Crippen molar-refractivity contribution >= 4 is 34.0 Å². The van der Waals surface area contributed by atoms with E-state index in [1.165, 1.54) is 11.3 Å². The molecule has 4 aromatic rings. The lowest BCUT2D eigenvalue weighted by molar-refractivity contribution is 0.102. The Kier molecular flexibility index (Phi) is 4.05. The summed E-state index contributed by atoms with van der Waals surface area (Å²) in [6, 6.07) is 9.81. The topological polar surface area (TPSA) is 59.8 Å². The van der Waals surface area contributed by atoms with E-state index >= 15 is 0 Å². The van der Waals surface area contributed by atoms with Gasteiger partial charge in [-0.15, -0.1) is 11.3 Å². The summed E-state index contributed by atoms with van der Waals surface area (Å²) in [4.78, 5) is 21.6. The smallest absolute Gasteiger partial charge is 0.275 e. The number of aryl methyl sites for hydroxylation is 2. The monoisotopic (exact) mass is 362 g/mol. The van der Waals surface area contributed by atoms with Gasteiger partial charge >= 0.3 is 0 Å². The molecule has 0 bridgehead atoms. The highest BCUT2D eigenvalue weighted by Crippen LogP contribution is 2.31. The van der Waals surface area contributed by atoms with Crippen LogP contribution in [0.2, 0.25) is 0 Å². The number of amides is 1. The molecule has 3 aromatic heterocycles. The average Bonchev–Trinajstić information content (AvgIpc) is 3.24. The predicted molar refractivity (Wildman–Crippen MR) is 106 cm³/mol. The highest BCUT2D eigenvalue weighted by Gasteiger charge is 2.16. The van der Waals surface area contributed by atoms with Gasteiger partial charge < -0.3 is 9.88 Å². The molecule has 4 rings (SSSR count). The predicted octanol–water partition coefficient (Wildman–Crippen LogP) is 4.57. The largest absolute Gasteiger partial charge is 0.335 e. The molecular formula is C20H18N4OS. The van der Waals surface area contributed by atoms with E-state index in [4.69, 9.17) is 0 Å². The Labute approximate surface area is 155 Å². The summed E-state index contributed by atoms with van der Waals surface area (Å²) >= 11 is 1.46. The number of nitrogens with one attached hydrogen (secondary N) is 1. The lowest BCUT2D eigenvalue weighted by Gasteiger charge is -2.09. The van der Waals surface area contributed by atoms with Crippen molar-refractivity contribution in [3.8, 4) is 10.6 Å². The van der Waals surface area contributed by atoms with Crippen LogP contribution in [0.5, 0.6) is 0 Å². The van der Waals surface area contributed by atoms with Crippen molar-refractivity contribution in [3.05, 3.63) is 64.9 Å². The zero-order valence-corrected chi connectivity index (χ0v) is 15.6. The Bertz CT molecular complexity index is 1130. The molecular weight excluding hydrogens is 344 g/mol. The molecule has 26 heavy (non-hydrogen) atoms. The van der Waals surface area contributed by atoms with Crippen molar-refractivity contribution in [1.82, 2.24) is 14.5 Å². The number of carbonyl (C=O) groups is 1. The Hall–Kier alpha value is -2.99. The van der Waals surface area contributed by atoms with Crippen LogP contribution in [0.4, 0.5) is 5.69 Å². The Balaban J connectivity index is 1.65. The molecule has 0 saturated heterocycles. The molecule has 0 spiro atoms. The lowest BCUT2D eigenvalue weighted by atomic mass is 10.1. The number of fused-ring (bicyclic) bond motifs is 1. The summed E-state index contributed by atoms with van der Waals surface area (Å²) in [5.41, 5.74) is 5.35. The second-order valence-electron chi connectivity index (χ2n) is 6.27. The average molecular weight is 362 g/mol. The minimum atomic E-state index is -0.195. The minimum absolute atomic E-state index is 0.195. The Morgan fingerprint density at radius 2 is 2.04 bits per heavy atom. The van der Waals surface area contributed by atoms with Crippen LogP contribution in [0.15, 0.2) is 48.1 Å². The molecule has 1 N–H and O–H groups in total. The van der Waals surface area contributed by atoms with Gasteiger partial charge in [0, 0.05) is 41.5 Å². The molecule has 3 heterocycles. The maximum Gasteiger partial charge on any atom is 0.275 e. The summed E-state index contributed by atoms with van der Waals surface area (Å²) in [6.45, 7) is 4.03. The van der Waals surface area contributed by atoms with E-state index in [1.807, 2.05) is 62.0 Å². The van der Waals surface area contributed by atoms with Crippen molar-refractivity contribution in [2.45, 2.75) is 13.8 Å². The molecule has 1 aromatic carbocycles. The van der Waals surface area contributed by atoms with Gasteiger partial charge in [-0.3, -0.25) is 4.79 Å². The SMILES string of the molecule is Cc1cccc(NC(=O)c2csc(-c3cn(C)c4ncccc34)n2)c1C. The Morgan fingerprint density at radius 3 is 2.88 bits per heavy atom. The van der Waals surface area contributed by atoms with E-state index < -0.39 is 0 Å². The van der Waals surface area contributed by atoms with Gasteiger partial charge in [0.05, 0.1) is 0 Å². The number of thiazole rings is 1. The van der Waals surface area contributed by atoms with Gasteiger partial charge in [0.2, 0.25) is 0 Å². The van der Waals surface area contributed by atoms with E-state index in [0.29, 0.717) is 5.69 Å². The van der Waals surface area contributed by atoms with Crippen LogP contribution in [0.3, 0.4) is 0 Å². The van der Waals surface area contributed by atoms with E-state index in [-0.39, 0.29) is 5.91 Å². The van der Waals surface area contributed by atoms with Gasteiger partial charge in [0.1, 0.15) is 16.3 Å². The second kappa shape index (κ2) is 6.38. The van der Waals surface area contributed by atoms with Gasteiger partial charge in [-0.1, -0.05) is 12.1 Å². The zero-order valence-electron chi connectivity index (χ0n) is 14.8. The number of carbonyl (C=O) groups excluding carboxylic acids is 1. The van der Waals surface area contributed by atoms with Crippen LogP contribution in [-0.2, 0) is 7.05 Å². The van der Waals surface area contributed by atoms with Crippen LogP contribution in [-0.4, -0.2) is 20.4 Å². The van der Waals surface area contributed by atoms with Crippen molar-refractivity contribution in [2.75, 3.05) is 5.32 Å². The summed E-state index contributed by atoms with van der Waals surface area (Å²) in [5, 5.41) is 6.61. The van der Waals surface area contributed by atoms with Gasteiger partial charge in [-0.05, 0) is 43.2 Å². The van der Waals surface area contributed by atoms with E-state index in [0.717, 1.165) is 38.4 Å².